The highest BCUT2D eigenvalue weighted by Crippen LogP contribution is 2.46. The first-order chi connectivity index (χ1) is 26.8. The number of nitrogens with zero attached hydrogens (tertiary/aromatic N) is 1. The van der Waals surface area contributed by atoms with Gasteiger partial charge in [-0.25, -0.2) is 0 Å². The molecule has 0 N–H and O–H groups in total. The van der Waals surface area contributed by atoms with Crippen molar-refractivity contribution in [3.05, 3.63) is 212 Å². The number of benzene rings is 9. The molecule has 0 amide bonds. The van der Waals surface area contributed by atoms with Crippen molar-refractivity contribution in [2.24, 2.45) is 0 Å². The van der Waals surface area contributed by atoms with Gasteiger partial charge in [-0.2, -0.15) is 0 Å². The van der Waals surface area contributed by atoms with Crippen LogP contribution >= 0.6 is 11.3 Å². The van der Waals surface area contributed by atoms with Crippen molar-refractivity contribution in [2.75, 3.05) is 4.90 Å². The van der Waals surface area contributed by atoms with Crippen LogP contribution in [-0.2, 0) is 0 Å². The molecule has 0 saturated carbocycles. The predicted molar refractivity (Wildman–Crippen MR) is 233 cm³/mol. The van der Waals surface area contributed by atoms with Crippen molar-refractivity contribution >= 4 is 59.3 Å². The van der Waals surface area contributed by atoms with Crippen LogP contribution in [0.1, 0.15) is 0 Å². The van der Waals surface area contributed by atoms with Crippen molar-refractivity contribution in [1.29, 1.82) is 0 Å². The Hall–Kier alpha value is -6.74. The third kappa shape index (κ3) is 5.84. The lowest BCUT2D eigenvalue weighted by Gasteiger charge is -2.28. The van der Waals surface area contributed by atoms with E-state index in [4.69, 9.17) is 0 Å². The molecule has 0 aliphatic carbocycles. The van der Waals surface area contributed by atoms with Crippen LogP contribution in [0.4, 0.5) is 17.1 Å². The molecule has 254 valence electrons. The second-order valence-corrected chi connectivity index (χ2v) is 14.8. The van der Waals surface area contributed by atoms with E-state index in [1.165, 1.54) is 75.5 Å². The Morgan fingerprint density at radius 2 is 0.815 bits per heavy atom. The molecule has 0 aliphatic heterocycles. The fraction of sp³-hybridized carbons (Fsp3) is 0. The third-order valence-electron chi connectivity index (χ3n) is 10.5. The maximum atomic E-state index is 2.41. The summed E-state index contributed by atoms with van der Waals surface area (Å²) in [5, 5.41) is 5.14. The summed E-state index contributed by atoms with van der Waals surface area (Å²) >= 11 is 1.88. The molecule has 9 aromatic carbocycles. The monoisotopic (exact) mass is 705 g/mol. The van der Waals surface area contributed by atoms with Gasteiger partial charge in [0.2, 0.25) is 0 Å². The van der Waals surface area contributed by atoms with Crippen LogP contribution in [-0.4, -0.2) is 0 Å². The Morgan fingerprint density at radius 3 is 1.54 bits per heavy atom. The second-order valence-electron chi connectivity index (χ2n) is 13.7. The molecule has 0 radical (unpaired) electrons. The number of fused-ring (bicyclic) bond motifs is 4. The van der Waals surface area contributed by atoms with E-state index >= 15 is 0 Å². The Balaban J connectivity index is 1.05. The molecule has 10 aromatic rings. The molecule has 0 unspecified atom stereocenters. The normalized spacial score (nSPS) is 11.3. The number of anilines is 3. The number of hydrogen-bond donors (Lipinski definition) is 0. The average Bonchev–Trinajstić information content (AvgIpc) is 3.64. The lowest BCUT2D eigenvalue weighted by atomic mass is 9.97. The van der Waals surface area contributed by atoms with Gasteiger partial charge in [-0.05, 0) is 86.6 Å². The van der Waals surface area contributed by atoms with Gasteiger partial charge in [0.1, 0.15) is 0 Å². The van der Waals surface area contributed by atoms with Gasteiger partial charge < -0.3 is 4.90 Å². The minimum absolute atomic E-state index is 1.11. The molecule has 10 rings (SSSR count). The standard InChI is InChI=1S/C52H35NS/c1-2-11-36(12-3-1)39-27-31-44(32-28-39)53(50-19-8-6-15-46(50)48-17-10-18-49-47-16-7-9-20-51(47)54-52(48)49)45-33-29-40(30-34-45)38-21-23-41(24-22-38)43-26-25-37-13-4-5-14-42(37)35-43/h1-35H. The summed E-state index contributed by atoms with van der Waals surface area (Å²) < 4.78 is 2.62. The highest BCUT2D eigenvalue weighted by molar-refractivity contribution is 7.26. The number of thiophene rings is 1. The molecule has 0 bridgehead atoms. The van der Waals surface area contributed by atoms with Gasteiger partial charge in [-0.15, -0.1) is 11.3 Å². The first-order valence-electron chi connectivity index (χ1n) is 18.4. The van der Waals surface area contributed by atoms with Crippen LogP contribution in [0.25, 0.3) is 75.5 Å². The van der Waals surface area contributed by atoms with E-state index in [1.807, 2.05) is 11.3 Å². The smallest absolute Gasteiger partial charge is 0.0540 e. The second kappa shape index (κ2) is 13.7. The van der Waals surface area contributed by atoms with E-state index < -0.39 is 0 Å². The number of para-hydroxylation sites is 1. The first kappa shape index (κ1) is 32.0. The van der Waals surface area contributed by atoms with E-state index in [0.29, 0.717) is 0 Å². The van der Waals surface area contributed by atoms with Crippen molar-refractivity contribution in [3.63, 3.8) is 0 Å². The maximum absolute atomic E-state index is 2.41. The quantitative estimate of drug-likeness (QED) is 0.160. The van der Waals surface area contributed by atoms with Crippen molar-refractivity contribution in [1.82, 2.24) is 0 Å². The molecule has 0 saturated heterocycles. The van der Waals surface area contributed by atoms with Crippen LogP contribution in [0.3, 0.4) is 0 Å². The lowest BCUT2D eigenvalue weighted by Crippen LogP contribution is -2.11. The predicted octanol–water partition coefficient (Wildman–Crippen LogP) is 15.3. The van der Waals surface area contributed by atoms with Crippen LogP contribution in [0, 0.1) is 0 Å². The highest BCUT2D eigenvalue weighted by atomic mass is 32.1. The van der Waals surface area contributed by atoms with Gasteiger partial charge in [-0.1, -0.05) is 170 Å². The van der Waals surface area contributed by atoms with E-state index in [2.05, 4.69) is 217 Å². The van der Waals surface area contributed by atoms with Gasteiger partial charge in [0.15, 0.2) is 0 Å². The summed E-state index contributed by atoms with van der Waals surface area (Å²) in [6.07, 6.45) is 0. The molecule has 2 heteroatoms. The average molecular weight is 706 g/mol. The van der Waals surface area contributed by atoms with Gasteiger partial charge in [0.05, 0.1) is 5.69 Å². The number of rotatable bonds is 7. The fourth-order valence-corrected chi connectivity index (χ4v) is 8.97. The van der Waals surface area contributed by atoms with Gasteiger partial charge in [0, 0.05) is 42.7 Å². The highest BCUT2D eigenvalue weighted by Gasteiger charge is 2.20. The topological polar surface area (TPSA) is 3.24 Å². The zero-order chi connectivity index (χ0) is 35.8. The first-order valence-corrected chi connectivity index (χ1v) is 19.2. The van der Waals surface area contributed by atoms with Crippen LogP contribution in [0.5, 0.6) is 0 Å². The lowest BCUT2D eigenvalue weighted by molar-refractivity contribution is 1.28. The summed E-state index contributed by atoms with van der Waals surface area (Å²) in [6.45, 7) is 0. The van der Waals surface area contributed by atoms with E-state index in [-0.39, 0.29) is 0 Å². The Morgan fingerprint density at radius 1 is 0.315 bits per heavy atom. The fourth-order valence-electron chi connectivity index (χ4n) is 7.74. The molecule has 1 aromatic heterocycles. The van der Waals surface area contributed by atoms with Crippen LogP contribution in [0.2, 0.25) is 0 Å². The maximum Gasteiger partial charge on any atom is 0.0540 e. The van der Waals surface area contributed by atoms with E-state index in [0.717, 1.165) is 17.1 Å². The molecule has 0 spiro atoms. The summed E-state index contributed by atoms with van der Waals surface area (Å²) in [4.78, 5) is 2.41. The summed E-state index contributed by atoms with van der Waals surface area (Å²) in [6, 6.07) is 77.1. The van der Waals surface area contributed by atoms with Crippen molar-refractivity contribution < 1.29 is 0 Å². The van der Waals surface area contributed by atoms with E-state index in [1.54, 1.807) is 0 Å². The van der Waals surface area contributed by atoms with Gasteiger partial charge >= 0.3 is 0 Å². The largest absolute Gasteiger partial charge is 0.310 e. The molecule has 0 aliphatic rings. The molecule has 54 heavy (non-hydrogen) atoms. The van der Waals surface area contributed by atoms with Gasteiger partial charge in [-0.3, -0.25) is 0 Å². The summed E-state index contributed by atoms with van der Waals surface area (Å²) in [5.74, 6) is 0. The number of hydrogen-bond acceptors (Lipinski definition) is 2. The van der Waals surface area contributed by atoms with Gasteiger partial charge in [0.25, 0.3) is 0 Å². The van der Waals surface area contributed by atoms with E-state index in [9.17, 15) is 0 Å². The molecule has 0 atom stereocenters. The van der Waals surface area contributed by atoms with Crippen LogP contribution in [0.15, 0.2) is 212 Å². The van der Waals surface area contributed by atoms with Crippen molar-refractivity contribution in [2.45, 2.75) is 0 Å². The third-order valence-corrected chi connectivity index (χ3v) is 11.7. The Bertz CT molecular complexity index is 2900. The molecular weight excluding hydrogens is 671 g/mol. The summed E-state index contributed by atoms with van der Waals surface area (Å²) in [7, 11) is 0. The summed E-state index contributed by atoms with van der Waals surface area (Å²) in [5.41, 5.74) is 13.1. The molecular formula is C52H35NS. The molecule has 1 heterocycles. The minimum atomic E-state index is 1.11. The zero-order valence-corrected chi connectivity index (χ0v) is 30.4. The zero-order valence-electron chi connectivity index (χ0n) is 29.6. The minimum Gasteiger partial charge on any atom is -0.310 e. The molecule has 1 nitrogen and oxygen atoms in total. The van der Waals surface area contributed by atoms with Crippen LogP contribution < -0.4 is 4.90 Å². The van der Waals surface area contributed by atoms with Crippen molar-refractivity contribution in [3.8, 4) is 44.5 Å². The Kier molecular flexibility index (Phi) is 8.09. The Labute approximate surface area is 319 Å². The SMILES string of the molecule is c1ccc(-c2ccc(N(c3ccc(-c4ccc(-c5ccc6ccccc6c5)cc4)cc3)c3ccccc3-c3cccc4c3sc3ccccc34)cc2)cc1. The molecule has 0 fully saturated rings.